The largest absolute Gasteiger partial charge is 0.372 e. The molecule has 1 fully saturated rings. The molecule has 2 nitrogen and oxygen atoms in total. The first kappa shape index (κ1) is 14.8. The van der Waals surface area contributed by atoms with Crippen LogP contribution in [0.15, 0.2) is 24.3 Å². The topological polar surface area (TPSA) is 35.2 Å². The molecule has 3 heteroatoms. The van der Waals surface area contributed by atoms with Crippen molar-refractivity contribution in [2.75, 3.05) is 6.54 Å². The van der Waals surface area contributed by atoms with Crippen molar-refractivity contribution in [1.82, 2.24) is 0 Å². The number of halogens is 1. The van der Waals surface area contributed by atoms with Crippen molar-refractivity contribution in [3.05, 3.63) is 34.9 Å². The molecule has 1 aromatic carbocycles. The van der Waals surface area contributed by atoms with Gasteiger partial charge in [0.25, 0.3) is 0 Å². The summed E-state index contributed by atoms with van der Waals surface area (Å²) in [5.74, 6) is 0.486. The van der Waals surface area contributed by atoms with Gasteiger partial charge in [-0.15, -0.1) is 0 Å². The highest BCUT2D eigenvalue weighted by Gasteiger charge is 2.32. The average molecular weight is 282 g/mol. The van der Waals surface area contributed by atoms with Crippen molar-refractivity contribution in [3.63, 3.8) is 0 Å². The molecule has 0 spiro atoms. The summed E-state index contributed by atoms with van der Waals surface area (Å²) in [5.41, 5.74) is 7.26. The van der Waals surface area contributed by atoms with Gasteiger partial charge in [-0.1, -0.05) is 23.7 Å². The van der Waals surface area contributed by atoms with Gasteiger partial charge in [0.05, 0.1) is 11.7 Å². The quantitative estimate of drug-likeness (QED) is 0.891. The van der Waals surface area contributed by atoms with Crippen molar-refractivity contribution in [1.29, 1.82) is 0 Å². The molecule has 1 saturated heterocycles. The first-order chi connectivity index (χ1) is 8.98. The zero-order valence-corrected chi connectivity index (χ0v) is 12.6. The summed E-state index contributed by atoms with van der Waals surface area (Å²) in [6.45, 7) is 5.05. The highest BCUT2D eigenvalue weighted by atomic mass is 35.5. The molecule has 2 unspecified atom stereocenters. The van der Waals surface area contributed by atoms with E-state index in [-0.39, 0.29) is 5.60 Å². The molecule has 106 valence electrons. The number of benzene rings is 1. The molecular weight excluding hydrogens is 258 g/mol. The van der Waals surface area contributed by atoms with Gasteiger partial charge in [-0.05, 0) is 69.7 Å². The van der Waals surface area contributed by atoms with Gasteiger partial charge in [-0.2, -0.15) is 0 Å². The molecule has 2 rings (SSSR count). The number of nitrogens with two attached hydrogens (primary N) is 1. The number of ether oxygens (including phenoxy) is 1. The third-order valence-electron chi connectivity index (χ3n) is 3.92. The zero-order chi connectivity index (χ0) is 13.9. The molecule has 2 atom stereocenters. The molecule has 1 aliphatic rings. The maximum atomic E-state index is 6.06. The summed E-state index contributed by atoms with van der Waals surface area (Å²) >= 11 is 5.91. The summed E-state index contributed by atoms with van der Waals surface area (Å²) in [5, 5.41) is 0.786. The van der Waals surface area contributed by atoms with Crippen LogP contribution in [0.5, 0.6) is 0 Å². The molecule has 19 heavy (non-hydrogen) atoms. The Kier molecular flexibility index (Phi) is 4.88. The predicted molar refractivity (Wildman–Crippen MR) is 80.5 cm³/mol. The van der Waals surface area contributed by atoms with E-state index >= 15 is 0 Å². The van der Waals surface area contributed by atoms with E-state index in [0.29, 0.717) is 18.6 Å². The maximum Gasteiger partial charge on any atom is 0.0631 e. The Morgan fingerprint density at radius 3 is 2.58 bits per heavy atom. The predicted octanol–water partition coefficient (Wildman–Crippen LogP) is 3.81. The van der Waals surface area contributed by atoms with E-state index < -0.39 is 0 Å². The fourth-order valence-corrected chi connectivity index (χ4v) is 2.96. The van der Waals surface area contributed by atoms with Crippen LogP contribution in [-0.2, 0) is 11.2 Å². The van der Waals surface area contributed by atoms with Gasteiger partial charge in [-0.3, -0.25) is 0 Å². The van der Waals surface area contributed by atoms with Crippen LogP contribution in [0.4, 0.5) is 0 Å². The Morgan fingerprint density at radius 2 is 2.05 bits per heavy atom. The molecule has 1 heterocycles. The van der Waals surface area contributed by atoms with Crippen LogP contribution in [0.3, 0.4) is 0 Å². The first-order valence-electron chi connectivity index (χ1n) is 7.11. The van der Waals surface area contributed by atoms with Crippen molar-refractivity contribution in [3.8, 4) is 0 Å². The van der Waals surface area contributed by atoms with Crippen LogP contribution in [0.25, 0.3) is 0 Å². The molecule has 0 radical (unpaired) electrons. The molecule has 0 bridgehead atoms. The summed E-state index contributed by atoms with van der Waals surface area (Å²) < 4.78 is 6.06. The number of hydrogen-bond donors (Lipinski definition) is 1. The molecule has 2 N–H and O–H groups in total. The normalized spacial score (nSPS) is 23.5. The van der Waals surface area contributed by atoms with Crippen LogP contribution >= 0.6 is 11.6 Å². The molecule has 0 aromatic heterocycles. The van der Waals surface area contributed by atoms with Crippen molar-refractivity contribution < 1.29 is 4.74 Å². The smallest absolute Gasteiger partial charge is 0.0631 e. The first-order valence-corrected chi connectivity index (χ1v) is 7.48. The van der Waals surface area contributed by atoms with E-state index in [1.165, 1.54) is 5.56 Å². The molecular formula is C16H24ClNO. The van der Waals surface area contributed by atoms with E-state index in [1.54, 1.807) is 0 Å². The third kappa shape index (κ3) is 4.48. The zero-order valence-electron chi connectivity index (χ0n) is 11.9. The lowest BCUT2D eigenvalue weighted by atomic mass is 9.92. The Balaban J connectivity index is 1.88. The summed E-state index contributed by atoms with van der Waals surface area (Å²) in [7, 11) is 0. The molecule has 0 amide bonds. The van der Waals surface area contributed by atoms with Crippen LogP contribution < -0.4 is 5.73 Å². The van der Waals surface area contributed by atoms with Crippen LogP contribution in [0, 0.1) is 5.92 Å². The van der Waals surface area contributed by atoms with Gasteiger partial charge in [-0.25, -0.2) is 0 Å². The summed E-state index contributed by atoms with van der Waals surface area (Å²) in [6.07, 6.45) is 4.74. The van der Waals surface area contributed by atoms with Gasteiger partial charge in [0.2, 0.25) is 0 Å². The lowest BCUT2D eigenvalue weighted by molar-refractivity contribution is -0.0240. The van der Waals surface area contributed by atoms with E-state index in [0.717, 1.165) is 30.7 Å². The lowest BCUT2D eigenvalue weighted by Crippen LogP contribution is -2.25. The lowest BCUT2D eigenvalue weighted by Gasteiger charge is -2.22. The molecule has 0 saturated carbocycles. The number of rotatable bonds is 5. The van der Waals surface area contributed by atoms with Gasteiger partial charge >= 0.3 is 0 Å². The Labute approximate surface area is 121 Å². The highest BCUT2D eigenvalue weighted by molar-refractivity contribution is 6.30. The Hall–Kier alpha value is -0.570. The van der Waals surface area contributed by atoms with Crippen molar-refractivity contribution in [2.45, 2.75) is 51.2 Å². The average Bonchev–Trinajstić information content (AvgIpc) is 2.70. The monoisotopic (exact) mass is 281 g/mol. The highest BCUT2D eigenvalue weighted by Crippen LogP contribution is 2.33. The van der Waals surface area contributed by atoms with E-state index in [9.17, 15) is 0 Å². The molecule has 1 aromatic rings. The van der Waals surface area contributed by atoms with Gasteiger partial charge in [0.1, 0.15) is 0 Å². The van der Waals surface area contributed by atoms with E-state index in [2.05, 4.69) is 26.0 Å². The van der Waals surface area contributed by atoms with Crippen LogP contribution in [0.2, 0.25) is 5.02 Å². The standard InChI is InChI=1S/C16H24ClNO/c1-16(2)8-7-15(19-16)10-13(11-18)9-12-3-5-14(17)6-4-12/h3-6,13,15H,7-11,18H2,1-2H3. The summed E-state index contributed by atoms with van der Waals surface area (Å²) in [6, 6.07) is 8.06. The third-order valence-corrected chi connectivity index (χ3v) is 4.17. The minimum absolute atomic E-state index is 0.0457. The Morgan fingerprint density at radius 1 is 1.37 bits per heavy atom. The number of hydrogen-bond acceptors (Lipinski definition) is 2. The fourth-order valence-electron chi connectivity index (χ4n) is 2.83. The van der Waals surface area contributed by atoms with E-state index in [4.69, 9.17) is 22.1 Å². The molecule has 0 aliphatic carbocycles. The maximum absolute atomic E-state index is 6.06. The second kappa shape index (κ2) is 6.25. The van der Waals surface area contributed by atoms with Crippen LogP contribution in [0.1, 0.15) is 38.7 Å². The second-order valence-electron chi connectivity index (χ2n) is 6.21. The SMILES string of the molecule is CC1(C)CCC(CC(CN)Cc2ccc(Cl)cc2)O1. The van der Waals surface area contributed by atoms with Crippen molar-refractivity contribution >= 4 is 11.6 Å². The van der Waals surface area contributed by atoms with E-state index in [1.807, 2.05) is 12.1 Å². The minimum atomic E-state index is 0.0457. The second-order valence-corrected chi connectivity index (χ2v) is 6.64. The van der Waals surface area contributed by atoms with Gasteiger partial charge in [0.15, 0.2) is 0 Å². The Bertz CT molecular complexity index is 402. The minimum Gasteiger partial charge on any atom is -0.372 e. The molecule has 1 aliphatic heterocycles. The van der Waals surface area contributed by atoms with Gasteiger partial charge in [0, 0.05) is 5.02 Å². The van der Waals surface area contributed by atoms with Crippen LogP contribution in [-0.4, -0.2) is 18.2 Å². The fraction of sp³-hybridized carbons (Fsp3) is 0.625. The van der Waals surface area contributed by atoms with Crippen molar-refractivity contribution in [2.24, 2.45) is 11.7 Å². The van der Waals surface area contributed by atoms with Gasteiger partial charge < -0.3 is 10.5 Å². The summed E-state index contributed by atoms with van der Waals surface area (Å²) in [4.78, 5) is 0.